The largest absolute Gasteiger partial charge is 0.340 e. The summed E-state index contributed by atoms with van der Waals surface area (Å²) in [5, 5.41) is 0. The second-order valence-corrected chi connectivity index (χ2v) is 12.4. The van der Waals surface area contributed by atoms with E-state index in [1.165, 1.54) is 9.87 Å². The Balaban J connectivity index is 1.60. The minimum absolute atomic E-state index is 0.0240. The average molecular weight is 500 g/mol. The lowest BCUT2D eigenvalue weighted by molar-refractivity contribution is -0.133. The van der Waals surface area contributed by atoms with Gasteiger partial charge in [0.15, 0.2) is 0 Å². The Bertz CT molecular complexity index is 1050. The zero-order chi connectivity index (χ0) is 25.6. The molecule has 1 aliphatic heterocycles. The van der Waals surface area contributed by atoms with Gasteiger partial charge in [0, 0.05) is 51.7 Å². The van der Waals surface area contributed by atoms with Gasteiger partial charge in [-0.05, 0) is 42.0 Å². The first-order valence-corrected chi connectivity index (χ1v) is 14.1. The van der Waals surface area contributed by atoms with E-state index < -0.39 is 10.0 Å². The van der Waals surface area contributed by atoms with Crippen LogP contribution in [0.4, 0.5) is 0 Å². The summed E-state index contributed by atoms with van der Waals surface area (Å²) in [7, 11) is -3.69. The minimum Gasteiger partial charge on any atom is -0.340 e. The SMILES string of the molecule is CCC(C)N(CCC(=O)N1CCN(Cc2ccccc2)CC1)S(=O)(=O)c1ccc(C(C)(C)C)cc1. The van der Waals surface area contributed by atoms with Crippen molar-refractivity contribution in [3.63, 3.8) is 0 Å². The first-order chi connectivity index (χ1) is 16.5. The van der Waals surface area contributed by atoms with Gasteiger partial charge < -0.3 is 4.90 Å². The van der Waals surface area contributed by atoms with Crippen LogP contribution >= 0.6 is 0 Å². The highest BCUT2D eigenvalue weighted by Crippen LogP contribution is 2.26. The van der Waals surface area contributed by atoms with Crippen molar-refractivity contribution in [1.29, 1.82) is 0 Å². The summed E-state index contributed by atoms with van der Waals surface area (Å²) in [6.45, 7) is 14.3. The van der Waals surface area contributed by atoms with Crippen molar-refractivity contribution in [3.05, 3.63) is 65.7 Å². The van der Waals surface area contributed by atoms with Crippen molar-refractivity contribution in [2.75, 3.05) is 32.7 Å². The summed E-state index contributed by atoms with van der Waals surface area (Å²) in [6.07, 6.45) is 0.883. The van der Waals surface area contributed by atoms with E-state index in [1.807, 2.05) is 49.1 Å². The molecule has 1 fully saturated rings. The van der Waals surface area contributed by atoms with Crippen LogP contribution in [0.25, 0.3) is 0 Å². The molecule has 1 atom stereocenters. The summed E-state index contributed by atoms with van der Waals surface area (Å²) in [6, 6.07) is 17.3. The zero-order valence-corrected chi connectivity index (χ0v) is 22.7. The molecule has 1 heterocycles. The van der Waals surface area contributed by atoms with Crippen LogP contribution in [0.15, 0.2) is 59.5 Å². The number of rotatable bonds is 9. The molecule has 1 aliphatic rings. The number of carbonyl (C=O) groups is 1. The van der Waals surface area contributed by atoms with Gasteiger partial charge >= 0.3 is 0 Å². The number of amides is 1. The van der Waals surface area contributed by atoms with Crippen molar-refractivity contribution >= 4 is 15.9 Å². The Labute approximate surface area is 212 Å². The van der Waals surface area contributed by atoms with Gasteiger partial charge in [-0.1, -0.05) is 70.2 Å². The van der Waals surface area contributed by atoms with Crippen LogP contribution in [-0.2, 0) is 26.8 Å². The maximum atomic E-state index is 13.5. The Morgan fingerprint density at radius 3 is 2.11 bits per heavy atom. The van der Waals surface area contributed by atoms with Crippen LogP contribution in [0.5, 0.6) is 0 Å². The second kappa shape index (κ2) is 11.7. The van der Waals surface area contributed by atoms with E-state index in [4.69, 9.17) is 0 Å². The summed E-state index contributed by atoms with van der Waals surface area (Å²) in [4.78, 5) is 17.5. The van der Waals surface area contributed by atoms with E-state index >= 15 is 0 Å². The maximum absolute atomic E-state index is 13.5. The summed E-state index contributed by atoms with van der Waals surface area (Å²) < 4.78 is 28.5. The molecule has 192 valence electrons. The maximum Gasteiger partial charge on any atom is 0.243 e. The van der Waals surface area contributed by atoms with E-state index in [-0.39, 0.29) is 35.2 Å². The fourth-order valence-electron chi connectivity index (χ4n) is 4.40. The molecule has 7 heteroatoms. The van der Waals surface area contributed by atoms with Gasteiger partial charge in [0.25, 0.3) is 0 Å². The number of carbonyl (C=O) groups excluding carboxylic acids is 1. The molecule has 6 nitrogen and oxygen atoms in total. The first kappa shape index (κ1) is 27.4. The molecule has 1 amide bonds. The van der Waals surface area contributed by atoms with E-state index in [0.29, 0.717) is 19.5 Å². The third-order valence-electron chi connectivity index (χ3n) is 6.93. The molecule has 1 saturated heterocycles. The third-order valence-corrected chi connectivity index (χ3v) is 8.96. The fourth-order valence-corrected chi connectivity index (χ4v) is 6.11. The molecule has 0 N–H and O–H groups in total. The number of hydrogen-bond donors (Lipinski definition) is 0. The quantitative estimate of drug-likeness (QED) is 0.509. The van der Waals surface area contributed by atoms with Gasteiger partial charge in [-0.15, -0.1) is 0 Å². The zero-order valence-electron chi connectivity index (χ0n) is 21.9. The van der Waals surface area contributed by atoms with Gasteiger partial charge in [-0.3, -0.25) is 9.69 Å². The Kier molecular flexibility index (Phi) is 9.13. The predicted molar refractivity (Wildman–Crippen MR) is 142 cm³/mol. The van der Waals surface area contributed by atoms with Crippen LogP contribution in [0.1, 0.15) is 58.6 Å². The summed E-state index contributed by atoms with van der Waals surface area (Å²) in [5.74, 6) is 0.0240. The van der Waals surface area contributed by atoms with Gasteiger partial charge in [0.2, 0.25) is 15.9 Å². The average Bonchev–Trinajstić information content (AvgIpc) is 2.84. The molecule has 0 saturated carbocycles. The van der Waals surface area contributed by atoms with Crippen molar-refractivity contribution in [2.45, 2.75) is 70.4 Å². The molecule has 0 aromatic heterocycles. The molecule has 0 aliphatic carbocycles. The predicted octanol–water partition coefficient (Wildman–Crippen LogP) is 4.51. The van der Waals surface area contributed by atoms with Gasteiger partial charge in [0.05, 0.1) is 4.90 Å². The number of piperazine rings is 1. The standard InChI is InChI=1S/C28H41N3O3S/c1-6-23(2)31(35(33,34)26-14-12-25(13-15-26)28(3,4)5)17-16-27(32)30-20-18-29(19-21-30)22-24-10-8-7-9-11-24/h7-15,23H,6,16-22H2,1-5H3. The van der Waals surface area contributed by atoms with Crippen molar-refractivity contribution in [2.24, 2.45) is 0 Å². The van der Waals surface area contributed by atoms with Crippen LogP contribution in [0, 0.1) is 0 Å². The number of sulfonamides is 1. The monoisotopic (exact) mass is 499 g/mol. The van der Waals surface area contributed by atoms with Crippen molar-refractivity contribution in [3.8, 4) is 0 Å². The molecule has 0 spiro atoms. The van der Waals surface area contributed by atoms with E-state index in [0.717, 1.165) is 25.2 Å². The van der Waals surface area contributed by atoms with Gasteiger partial charge in [0.1, 0.15) is 0 Å². The lowest BCUT2D eigenvalue weighted by atomic mass is 9.87. The van der Waals surface area contributed by atoms with Crippen LogP contribution in [0.2, 0.25) is 0 Å². The van der Waals surface area contributed by atoms with Crippen LogP contribution in [0.3, 0.4) is 0 Å². The highest BCUT2D eigenvalue weighted by Gasteiger charge is 2.30. The minimum atomic E-state index is -3.69. The second-order valence-electron chi connectivity index (χ2n) is 10.5. The molecule has 3 rings (SSSR count). The summed E-state index contributed by atoms with van der Waals surface area (Å²) in [5.41, 5.74) is 2.32. The van der Waals surface area contributed by atoms with Crippen LogP contribution < -0.4 is 0 Å². The summed E-state index contributed by atoms with van der Waals surface area (Å²) >= 11 is 0. The molecule has 0 radical (unpaired) electrons. The Morgan fingerprint density at radius 2 is 1.57 bits per heavy atom. The Morgan fingerprint density at radius 1 is 0.971 bits per heavy atom. The van der Waals surface area contributed by atoms with Gasteiger partial charge in [-0.2, -0.15) is 4.31 Å². The smallest absolute Gasteiger partial charge is 0.243 e. The highest BCUT2D eigenvalue weighted by atomic mass is 32.2. The lowest BCUT2D eigenvalue weighted by Gasteiger charge is -2.35. The van der Waals surface area contributed by atoms with E-state index in [1.54, 1.807) is 12.1 Å². The van der Waals surface area contributed by atoms with E-state index in [9.17, 15) is 13.2 Å². The molecule has 0 bridgehead atoms. The molecular weight excluding hydrogens is 458 g/mol. The fraction of sp³-hybridized carbons (Fsp3) is 0.536. The van der Waals surface area contributed by atoms with Crippen molar-refractivity contribution < 1.29 is 13.2 Å². The molecular formula is C28H41N3O3S. The van der Waals surface area contributed by atoms with Gasteiger partial charge in [-0.25, -0.2) is 8.42 Å². The molecule has 2 aromatic rings. The normalized spacial score (nSPS) is 16.5. The molecule has 2 aromatic carbocycles. The Hall–Kier alpha value is -2.22. The molecule has 35 heavy (non-hydrogen) atoms. The first-order valence-electron chi connectivity index (χ1n) is 12.7. The van der Waals surface area contributed by atoms with Crippen LogP contribution in [-0.4, -0.2) is 67.2 Å². The topological polar surface area (TPSA) is 60.9 Å². The lowest BCUT2D eigenvalue weighted by Crippen LogP contribution is -2.49. The number of benzene rings is 2. The number of nitrogens with zero attached hydrogens (tertiary/aromatic N) is 3. The third kappa shape index (κ3) is 7.15. The molecule has 1 unspecified atom stereocenters. The highest BCUT2D eigenvalue weighted by molar-refractivity contribution is 7.89. The number of hydrogen-bond acceptors (Lipinski definition) is 4. The van der Waals surface area contributed by atoms with Crippen molar-refractivity contribution in [1.82, 2.24) is 14.1 Å². The van der Waals surface area contributed by atoms with E-state index in [2.05, 4.69) is 37.8 Å².